The van der Waals surface area contributed by atoms with Gasteiger partial charge in [0.2, 0.25) is 10.5 Å². The Hall–Kier alpha value is -0.160. The van der Waals surface area contributed by atoms with E-state index in [1.807, 2.05) is 11.3 Å². The third-order valence-corrected chi connectivity index (χ3v) is 3.44. The van der Waals surface area contributed by atoms with Gasteiger partial charge < -0.3 is 24.0 Å². The molecule has 0 saturated carbocycles. The molecule has 0 aliphatic heterocycles. The van der Waals surface area contributed by atoms with E-state index in [2.05, 4.69) is 43.5 Å². The van der Waals surface area contributed by atoms with Crippen LogP contribution in [0.25, 0.3) is 10.2 Å². The van der Waals surface area contributed by atoms with E-state index in [0.29, 0.717) is 0 Å². The lowest BCUT2D eigenvalue weighted by Crippen LogP contribution is -3.00. The fourth-order valence-corrected chi connectivity index (χ4v) is 2.77. The Labute approximate surface area is 106 Å². The van der Waals surface area contributed by atoms with Crippen molar-refractivity contribution in [2.75, 3.05) is 0 Å². The molecule has 0 spiro atoms. The summed E-state index contributed by atoms with van der Waals surface area (Å²) in [5.41, 5.74) is 2.72. The van der Waals surface area contributed by atoms with Crippen LogP contribution in [0.4, 0.5) is 0 Å². The van der Waals surface area contributed by atoms with Crippen molar-refractivity contribution in [1.29, 1.82) is 0 Å². The fraction of sp³-hybridized carbons (Fsp3) is 0.364. The number of fused-ring (bicyclic) bond motifs is 1. The van der Waals surface area contributed by atoms with Gasteiger partial charge >= 0.3 is 0 Å². The van der Waals surface area contributed by atoms with Crippen molar-refractivity contribution in [2.45, 2.75) is 27.3 Å². The first-order valence-corrected chi connectivity index (χ1v) is 5.43. The van der Waals surface area contributed by atoms with Crippen LogP contribution in [0, 0.1) is 13.8 Å². The molecule has 14 heavy (non-hydrogen) atoms. The Balaban J connectivity index is 0.000000980. The molecule has 3 heteroatoms. The molecule has 0 N–H and O–H groups in total. The molecule has 0 amide bonds. The standard InChI is InChI=1S/C11H14NS.HI/c1-4-12-9(3)13-11-6-5-8(2)7-10(11)12;/h5-7H,4H2,1-3H3;1H/q+1;/p-1. The van der Waals surface area contributed by atoms with Gasteiger partial charge in [-0.3, -0.25) is 0 Å². The number of thiazole rings is 1. The summed E-state index contributed by atoms with van der Waals surface area (Å²) < 4.78 is 3.76. The smallest absolute Gasteiger partial charge is 0.235 e. The lowest BCUT2D eigenvalue weighted by molar-refractivity contribution is -0.669. The van der Waals surface area contributed by atoms with E-state index in [-0.39, 0.29) is 24.0 Å². The average molecular weight is 319 g/mol. The predicted octanol–water partition coefficient (Wildman–Crippen LogP) is -0.170. The zero-order chi connectivity index (χ0) is 9.42. The van der Waals surface area contributed by atoms with E-state index < -0.39 is 0 Å². The lowest BCUT2D eigenvalue weighted by atomic mass is 10.2. The molecule has 0 fully saturated rings. The van der Waals surface area contributed by atoms with Crippen LogP contribution in [0.5, 0.6) is 0 Å². The van der Waals surface area contributed by atoms with Gasteiger partial charge in [0.05, 0.1) is 0 Å². The second-order valence-corrected chi connectivity index (χ2v) is 4.57. The van der Waals surface area contributed by atoms with Gasteiger partial charge in [-0.15, -0.1) is 0 Å². The molecule has 0 saturated heterocycles. The first-order valence-electron chi connectivity index (χ1n) is 4.62. The number of hydrogen-bond donors (Lipinski definition) is 0. The van der Waals surface area contributed by atoms with Crippen molar-refractivity contribution >= 4 is 21.6 Å². The van der Waals surface area contributed by atoms with E-state index >= 15 is 0 Å². The zero-order valence-electron chi connectivity index (χ0n) is 8.67. The van der Waals surface area contributed by atoms with Crippen LogP contribution in [0.3, 0.4) is 0 Å². The molecule has 0 bridgehead atoms. The van der Waals surface area contributed by atoms with Crippen LogP contribution in [-0.4, -0.2) is 0 Å². The summed E-state index contributed by atoms with van der Waals surface area (Å²) in [4.78, 5) is 0. The highest BCUT2D eigenvalue weighted by atomic mass is 127. The van der Waals surface area contributed by atoms with Crippen LogP contribution < -0.4 is 28.5 Å². The van der Waals surface area contributed by atoms with Crippen molar-refractivity contribution < 1.29 is 28.5 Å². The SMILES string of the molecule is CC[n+]1c(C)sc2ccc(C)cc21.[I-]. The maximum atomic E-state index is 2.37. The van der Waals surface area contributed by atoms with Crippen molar-refractivity contribution in [3.63, 3.8) is 0 Å². The molecule has 1 nitrogen and oxygen atoms in total. The van der Waals surface area contributed by atoms with Gasteiger partial charge in [-0.05, 0) is 25.5 Å². The Kier molecular flexibility index (Phi) is 3.89. The molecule has 76 valence electrons. The van der Waals surface area contributed by atoms with Crippen molar-refractivity contribution in [2.24, 2.45) is 0 Å². The average Bonchev–Trinajstić information content (AvgIpc) is 2.40. The molecule has 1 heterocycles. The topological polar surface area (TPSA) is 3.88 Å². The molecular formula is C11H14INS. The largest absolute Gasteiger partial charge is 1.00 e. The quantitative estimate of drug-likeness (QED) is 0.508. The monoisotopic (exact) mass is 319 g/mol. The van der Waals surface area contributed by atoms with Gasteiger partial charge in [-0.1, -0.05) is 17.4 Å². The maximum absolute atomic E-state index is 2.37. The van der Waals surface area contributed by atoms with Crippen molar-refractivity contribution in [3.8, 4) is 0 Å². The number of nitrogens with zero attached hydrogens (tertiary/aromatic N) is 1. The zero-order valence-corrected chi connectivity index (χ0v) is 11.6. The highest BCUT2D eigenvalue weighted by Gasteiger charge is 2.14. The number of hydrogen-bond acceptors (Lipinski definition) is 1. The third-order valence-electron chi connectivity index (χ3n) is 2.36. The first kappa shape index (κ1) is 11.9. The van der Waals surface area contributed by atoms with E-state index in [9.17, 15) is 0 Å². The van der Waals surface area contributed by atoms with E-state index in [0.717, 1.165) is 6.54 Å². The molecule has 1 aromatic carbocycles. The van der Waals surface area contributed by atoms with Crippen molar-refractivity contribution in [1.82, 2.24) is 0 Å². The molecular weight excluding hydrogens is 305 g/mol. The van der Waals surface area contributed by atoms with E-state index in [1.165, 1.54) is 20.8 Å². The summed E-state index contributed by atoms with van der Waals surface area (Å²) in [6.45, 7) is 7.59. The summed E-state index contributed by atoms with van der Waals surface area (Å²) in [5.74, 6) is 0. The summed E-state index contributed by atoms with van der Waals surface area (Å²) in [5, 5.41) is 1.39. The molecule has 0 unspecified atom stereocenters. The molecule has 0 radical (unpaired) electrons. The molecule has 0 aliphatic carbocycles. The van der Waals surface area contributed by atoms with E-state index in [1.54, 1.807) is 0 Å². The van der Waals surface area contributed by atoms with Gasteiger partial charge in [0.25, 0.3) is 0 Å². The van der Waals surface area contributed by atoms with Crippen molar-refractivity contribution in [3.05, 3.63) is 28.8 Å². The Morgan fingerprint density at radius 1 is 1.29 bits per heavy atom. The van der Waals surface area contributed by atoms with E-state index in [4.69, 9.17) is 0 Å². The number of halogens is 1. The van der Waals surface area contributed by atoms with Gasteiger partial charge in [-0.25, -0.2) is 0 Å². The molecule has 1 aromatic heterocycles. The highest BCUT2D eigenvalue weighted by Crippen LogP contribution is 2.20. The Morgan fingerprint density at radius 3 is 2.64 bits per heavy atom. The summed E-state index contributed by atoms with van der Waals surface area (Å²) in [6, 6.07) is 6.66. The molecule has 2 aromatic rings. The van der Waals surface area contributed by atoms with Crippen LogP contribution in [0.2, 0.25) is 0 Å². The number of aromatic nitrogens is 1. The maximum Gasteiger partial charge on any atom is 0.235 e. The fourth-order valence-electron chi connectivity index (χ4n) is 1.70. The van der Waals surface area contributed by atoms with Crippen LogP contribution >= 0.6 is 11.3 Å². The molecule has 0 aliphatic rings. The second-order valence-electron chi connectivity index (χ2n) is 3.34. The predicted molar refractivity (Wildman–Crippen MR) is 57.2 cm³/mol. The van der Waals surface area contributed by atoms with Crippen LogP contribution in [0.15, 0.2) is 18.2 Å². The summed E-state index contributed by atoms with van der Waals surface area (Å²) >= 11 is 1.87. The normalized spacial score (nSPS) is 10.2. The lowest BCUT2D eigenvalue weighted by Gasteiger charge is -1.91. The van der Waals surface area contributed by atoms with Crippen LogP contribution in [-0.2, 0) is 6.54 Å². The van der Waals surface area contributed by atoms with Gasteiger partial charge in [0.15, 0.2) is 0 Å². The minimum Gasteiger partial charge on any atom is -1.00 e. The molecule has 0 atom stereocenters. The third kappa shape index (κ3) is 1.93. The number of aryl methyl sites for hydroxylation is 3. The Morgan fingerprint density at radius 2 is 2.00 bits per heavy atom. The first-order chi connectivity index (χ1) is 6.22. The minimum atomic E-state index is 0. The van der Waals surface area contributed by atoms with Gasteiger partial charge in [0, 0.05) is 13.0 Å². The van der Waals surface area contributed by atoms with Crippen LogP contribution in [0.1, 0.15) is 17.5 Å². The number of benzene rings is 1. The summed E-state index contributed by atoms with van der Waals surface area (Å²) in [7, 11) is 0. The molecule has 2 rings (SSSR count). The highest BCUT2D eigenvalue weighted by molar-refractivity contribution is 7.18. The van der Waals surface area contributed by atoms with Gasteiger partial charge in [-0.2, -0.15) is 4.57 Å². The van der Waals surface area contributed by atoms with Gasteiger partial charge in [0.1, 0.15) is 11.2 Å². The second kappa shape index (κ2) is 4.57. The summed E-state index contributed by atoms with van der Waals surface area (Å²) in [6.07, 6.45) is 0. The minimum absolute atomic E-state index is 0. The Bertz CT molecular complexity index is 448. The number of rotatable bonds is 1.